The van der Waals surface area contributed by atoms with Crippen molar-refractivity contribution in [3.05, 3.63) is 98.8 Å². The highest BCUT2D eigenvalue weighted by Gasteiger charge is 2.46. The number of rotatable bonds is 5. The average molecular weight is 483 g/mol. The number of aromatic nitrogens is 1. The maximum absolute atomic E-state index is 13.2. The van der Waals surface area contributed by atoms with E-state index in [0.717, 1.165) is 11.1 Å². The number of methoxy groups -OCH3 is 1. The molecule has 1 atom stereocenters. The molecule has 1 saturated heterocycles. The van der Waals surface area contributed by atoms with Crippen molar-refractivity contribution in [3.8, 4) is 5.75 Å². The number of aliphatic hydroxyl groups excluding tert-OH is 1. The summed E-state index contributed by atoms with van der Waals surface area (Å²) in [6.45, 7) is 1.95. The number of hydrogen-bond donors (Lipinski definition) is 1. The van der Waals surface area contributed by atoms with Gasteiger partial charge in [0.1, 0.15) is 11.5 Å². The number of hydrogen-bond acceptors (Lipinski definition) is 5. The van der Waals surface area contributed by atoms with E-state index < -0.39 is 17.7 Å². The molecule has 1 aliphatic heterocycles. The third-order valence-corrected chi connectivity index (χ3v) is 6.28. The topological polar surface area (TPSA) is 79.7 Å². The Morgan fingerprint density at radius 3 is 2.55 bits per heavy atom. The zero-order valence-electron chi connectivity index (χ0n) is 17.9. The van der Waals surface area contributed by atoms with Gasteiger partial charge < -0.3 is 14.7 Å². The zero-order valence-corrected chi connectivity index (χ0v) is 19.4. The minimum Gasteiger partial charge on any atom is -0.507 e. The molecule has 0 bridgehead atoms. The Balaban J connectivity index is 1.88. The molecule has 1 N–H and O–H groups in total. The molecule has 0 saturated carbocycles. The van der Waals surface area contributed by atoms with E-state index in [-0.39, 0.29) is 22.9 Å². The Kier molecular flexibility index (Phi) is 6.40. The number of nitrogens with zero attached hydrogens (tertiary/aromatic N) is 2. The first-order chi connectivity index (χ1) is 15.8. The summed E-state index contributed by atoms with van der Waals surface area (Å²) in [5.74, 6) is -1.13. The van der Waals surface area contributed by atoms with E-state index in [9.17, 15) is 14.7 Å². The summed E-state index contributed by atoms with van der Waals surface area (Å²) in [6.07, 6.45) is 3.25. The Hall–Kier alpha value is -3.35. The molecule has 4 rings (SSSR count). The Morgan fingerprint density at radius 1 is 1.12 bits per heavy atom. The summed E-state index contributed by atoms with van der Waals surface area (Å²) >= 11 is 12.3. The molecule has 0 spiro atoms. The van der Waals surface area contributed by atoms with Gasteiger partial charge in [0.15, 0.2) is 0 Å². The number of carbonyl (C=O) groups excluding carboxylic acids is 2. The van der Waals surface area contributed by atoms with Gasteiger partial charge in [-0.15, -0.1) is 0 Å². The van der Waals surface area contributed by atoms with Gasteiger partial charge in [-0.25, -0.2) is 0 Å². The van der Waals surface area contributed by atoms with Crippen molar-refractivity contribution < 1.29 is 19.4 Å². The highest BCUT2D eigenvalue weighted by molar-refractivity contribution is 6.46. The monoisotopic (exact) mass is 482 g/mol. The number of aryl methyl sites for hydroxylation is 1. The highest BCUT2D eigenvalue weighted by atomic mass is 35.5. The van der Waals surface area contributed by atoms with Crippen molar-refractivity contribution in [2.24, 2.45) is 0 Å². The quantitative estimate of drug-likeness (QED) is 0.302. The lowest BCUT2D eigenvalue weighted by molar-refractivity contribution is -0.140. The van der Waals surface area contributed by atoms with Gasteiger partial charge in [0.25, 0.3) is 11.7 Å². The highest BCUT2D eigenvalue weighted by Crippen LogP contribution is 2.42. The van der Waals surface area contributed by atoms with Crippen LogP contribution in [0.3, 0.4) is 0 Å². The molecule has 168 valence electrons. The first kappa shape index (κ1) is 22.8. The maximum atomic E-state index is 13.2. The van der Waals surface area contributed by atoms with Crippen LogP contribution in [0.15, 0.2) is 66.5 Å². The van der Waals surface area contributed by atoms with Gasteiger partial charge in [-0.05, 0) is 60.0 Å². The van der Waals surface area contributed by atoms with Crippen LogP contribution in [0.1, 0.15) is 28.3 Å². The summed E-state index contributed by atoms with van der Waals surface area (Å²) in [5.41, 5.74) is 2.45. The third-order valence-electron chi connectivity index (χ3n) is 5.54. The number of benzene rings is 2. The van der Waals surface area contributed by atoms with E-state index in [1.165, 1.54) is 4.90 Å². The molecule has 0 radical (unpaired) electrons. The zero-order chi connectivity index (χ0) is 23.7. The number of carbonyl (C=O) groups is 2. The summed E-state index contributed by atoms with van der Waals surface area (Å²) in [6, 6.07) is 12.6. The fraction of sp³-hybridized carbons (Fsp3) is 0.160. The van der Waals surface area contributed by atoms with Crippen LogP contribution in [0.5, 0.6) is 5.75 Å². The van der Waals surface area contributed by atoms with Crippen LogP contribution in [-0.4, -0.2) is 33.8 Å². The van der Waals surface area contributed by atoms with Gasteiger partial charge in [0.2, 0.25) is 0 Å². The van der Waals surface area contributed by atoms with Gasteiger partial charge in [-0.3, -0.25) is 14.6 Å². The Morgan fingerprint density at radius 2 is 1.91 bits per heavy atom. The van der Waals surface area contributed by atoms with Crippen LogP contribution >= 0.6 is 23.2 Å². The predicted molar refractivity (Wildman–Crippen MR) is 126 cm³/mol. The molecular weight excluding hydrogens is 463 g/mol. The maximum Gasteiger partial charge on any atom is 0.295 e. The molecule has 1 fully saturated rings. The number of amides is 1. The first-order valence-corrected chi connectivity index (χ1v) is 10.8. The number of ketones is 1. The normalized spacial score (nSPS) is 17.5. The molecule has 0 aliphatic carbocycles. The molecule has 1 aromatic heterocycles. The van der Waals surface area contributed by atoms with Crippen LogP contribution in [-0.2, 0) is 16.1 Å². The molecule has 1 aliphatic rings. The molecule has 6 nitrogen and oxygen atoms in total. The van der Waals surface area contributed by atoms with Gasteiger partial charge in [-0.2, -0.15) is 0 Å². The van der Waals surface area contributed by atoms with Gasteiger partial charge in [0.05, 0.1) is 28.8 Å². The van der Waals surface area contributed by atoms with Crippen LogP contribution in [0.4, 0.5) is 0 Å². The van der Waals surface area contributed by atoms with Gasteiger partial charge >= 0.3 is 0 Å². The second-order valence-electron chi connectivity index (χ2n) is 7.65. The van der Waals surface area contributed by atoms with E-state index in [2.05, 4.69) is 4.98 Å². The number of pyridine rings is 1. The van der Waals surface area contributed by atoms with Crippen LogP contribution in [0, 0.1) is 6.92 Å². The van der Waals surface area contributed by atoms with Crippen molar-refractivity contribution in [2.45, 2.75) is 19.5 Å². The summed E-state index contributed by atoms with van der Waals surface area (Å²) < 4.78 is 5.28. The summed E-state index contributed by atoms with van der Waals surface area (Å²) in [4.78, 5) is 31.7. The fourth-order valence-electron chi connectivity index (χ4n) is 3.94. The van der Waals surface area contributed by atoms with Crippen molar-refractivity contribution >= 4 is 40.7 Å². The van der Waals surface area contributed by atoms with E-state index in [0.29, 0.717) is 21.9 Å². The van der Waals surface area contributed by atoms with E-state index in [1.54, 1.807) is 62.0 Å². The minimum absolute atomic E-state index is 0.0214. The Labute approximate surface area is 201 Å². The lowest BCUT2D eigenvalue weighted by Gasteiger charge is -2.25. The van der Waals surface area contributed by atoms with E-state index >= 15 is 0 Å². The average Bonchev–Trinajstić information content (AvgIpc) is 3.06. The molecule has 8 heteroatoms. The van der Waals surface area contributed by atoms with Gasteiger partial charge in [0, 0.05) is 24.5 Å². The lowest BCUT2D eigenvalue weighted by Crippen LogP contribution is -2.29. The number of aliphatic hydroxyl groups is 1. The summed E-state index contributed by atoms with van der Waals surface area (Å²) in [7, 11) is 1.55. The largest absolute Gasteiger partial charge is 0.507 e. The molecule has 2 heterocycles. The number of likely N-dealkylation sites (tertiary alicyclic amines) is 1. The molecule has 1 amide bonds. The standard InChI is InChI=1S/C25H20Cl2N2O4/c1-14-10-17(6-8-20(14)33-2)23(30)21-22(16-5-7-18(26)19(27)11-16)29(25(32)24(21)31)13-15-4-3-9-28-12-15/h3-12,22,30H,13H2,1-2H3/b23-21+/t22-/m1/s1. The second-order valence-corrected chi connectivity index (χ2v) is 8.46. The predicted octanol–water partition coefficient (Wildman–Crippen LogP) is 5.33. The number of Topliss-reactive ketones (excluding diaryl/α,β-unsaturated/α-hetero) is 1. The van der Waals surface area contributed by atoms with Crippen molar-refractivity contribution in [1.29, 1.82) is 0 Å². The van der Waals surface area contributed by atoms with Crippen LogP contribution < -0.4 is 4.74 Å². The SMILES string of the molecule is COc1ccc(/C(O)=C2\C(=O)C(=O)N(Cc3cccnc3)[C@@H]2c2ccc(Cl)c(Cl)c2)cc1C. The summed E-state index contributed by atoms with van der Waals surface area (Å²) in [5, 5.41) is 11.8. The van der Waals surface area contributed by atoms with E-state index in [1.807, 2.05) is 13.0 Å². The molecule has 33 heavy (non-hydrogen) atoms. The third kappa shape index (κ3) is 4.32. The molecular formula is C25H20Cl2N2O4. The molecule has 3 aromatic rings. The van der Waals surface area contributed by atoms with Crippen molar-refractivity contribution in [1.82, 2.24) is 9.88 Å². The van der Waals surface area contributed by atoms with Crippen LogP contribution in [0.25, 0.3) is 5.76 Å². The van der Waals surface area contributed by atoms with Crippen LogP contribution in [0.2, 0.25) is 10.0 Å². The number of halogens is 2. The lowest BCUT2D eigenvalue weighted by atomic mass is 9.94. The fourth-order valence-corrected chi connectivity index (χ4v) is 4.25. The molecule has 2 aromatic carbocycles. The van der Waals surface area contributed by atoms with E-state index in [4.69, 9.17) is 27.9 Å². The molecule has 0 unspecified atom stereocenters. The van der Waals surface area contributed by atoms with Crippen molar-refractivity contribution in [2.75, 3.05) is 7.11 Å². The first-order valence-electron chi connectivity index (χ1n) is 10.1. The second kappa shape index (κ2) is 9.25. The minimum atomic E-state index is -0.859. The van der Waals surface area contributed by atoms with Crippen molar-refractivity contribution in [3.63, 3.8) is 0 Å². The van der Waals surface area contributed by atoms with Gasteiger partial charge in [-0.1, -0.05) is 35.3 Å². The Bertz CT molecular complexity index is 1270. The number of ether oxygens (including phenoxy) is 1. The smallest absolute Gasteiger partial charge is 0.295 e.